The van der Waals surface area contributed by atoms with Crippen LogP contribution in [0.5, 0.6) is 5.75 Å². The van der Waals surface area contributed by atoms with Crippen molar-refractivity contribution in [1.29, 1.82) is 0 Å². The van der Waals surface area contributed by atoms with E-state index < -0.39 is 0 Å². The van der Waals surface area contributed by atoms with Crippen molar-refractivity contribution in [3.8, 4) is 11.4 Å². The van der Waals surface area contributed by atoms with Crippen LogP contribution < -0.4 is 10.1 Å². The van der Waals surface area contributed by atoms with Gasteiger partial charge in [0.25, 0.3) is 5.91 Å². The molecule has 1 amide bonds. The van der Waals surface area contributed by atoms with Crippen molar-refractivity contribution in [2.24, 2.45) is 0 Å². The molecule has 3 rings (SSSR count). The average molecular weight is 317 g/mol. The Bertz CT molecular complexity index is 676. The van der Waals surface area contributed by atoms with Gasteiger partial charge < -0.3 is 10.1 Å². The Kier molecular flexibility index (Phi) is 4.60. The third-order valence-electron chi connectivity index (χ3n) is 3.98. The molecule has 5 nitrogen and oxygen atoms in total. The van der Waals surface area contributed by atoms with Gasteiger partial charge in [-0.3, -0.25) is 4.79 Å². The Labute approximate surface area is 134 Å². The number of nitrogens with zero attached hydrogens (tertiary/aromatic N) is 2. The molecular weight excluding hydrogens is 297 g/mol. The molecule has 0 aliphatic heterocycles. The van der Waals surface area contributed by atoms with E-state index in [1.807, 2.05) is 6.92 Å². The van der Waals surface area contributed by atoms with E-state index in [0.29, 0.717) is 18.0 Å². The van der Waals surface area contributed by atoms with Gasteiger partial charge in [0.05, 0.1) is 18.5 Å². The van der Waals surface area contributed by atoms with E-state index in [-0.39, 0.29) is 23.5 Å². The lowest BCUT2D eigenvalue weighted by Gasteiger charge is -2.11. The highest BCUT2D eigenvalue weighted by Gasteiger charge is 2.23. The molecule has 6 heteroatoms. The molecule has 1 aromatic heterocycles. The van der Waals surface area contributed by atoms with Crippen LogP contribution in [-0.2, 0) is 0 Å². The van der Waals surface area contributed by atoms with Crippen LogP contribution in [0.25, 0.3) is 5.69 Å². The molecule has 1 aliphatic rings. The highest BCUT2D eigenvalue weighted by molar-refractivity contribution is 5.95. The summed E-state index contributed by atoms with van der Waals surface area (Å²) >= 11 is 0. The maximum absolute atomic E-state index is 13.0. The van der Waals surface area contributed by atoms with Crippen molar-refractivity contribution in [3.63, 3.8) is 0 Å². The van der Waals surface area contributed by atoms with E-state index in [1.54, 1.807) is 18.3 Å². The van der Waals surface area contributed by atoms with E-state index in [2.05, 4.69) is 10.4 Å². The summed E-state index contributed by atoms with van der Waals surface area (Å²) in [6.07, 6.45) is 5.96. The number of halogens is 1. The van der Waals surface area contributed by atoms with Gasteiger partial charge in [0.15, 0.2) is 11.4 Å². The molecule has 0 spiro atoms. The number of aromatic nitrogens is 2. The number of nitrogens with one attached hydrogen (secondary N) is 1. The van der Waals surface area contributed by atoms with Crippen molar-refractivity contribution in [2.45, 2.75) is 38.6 Å². The fourth-order valence-electron chi connectivity index (χ4n) is 2.83. The zero-order valence-corrected chi connectivity index (χ0v) is 13.1. The van der Waals surface area contributed by atoms with Crippen molar-refractivity contribution >= 4 is 5.91 Å². The number of hydrogen-bond donors (Lipinski definition) is 1. The maximum Gasteiger partial charge on any atom is 0.275 e. The average Bonchev–Trinajstić information content (AvgIpc) is 3.18. The lowest BCUT2D eigenvalue weighted by Crippen LogP contribution is -2.33. The lowest BCUT2D eigenvalue weighted by atomic mass is 10.2. The van der Waals surface area contributed by atoms with Gasteiger partial charge in [-0.15, -0.1) is 0 Å². The van der Waals surface area contributed by atoms with Crippen LogP contribution in [0, 0.1) is 5.82 Å². The number of benzene rings is 1. The summed E-state index contributed by atoms with van der Waals surface area (Å²) in [5.41, 5.74) is 0.940. The summed E-state index contributed by atoms with van der Waals surface area (Å²) in [5, 5.41) is 7.34. The van der Waals surface area contributed by atoms with Crippen LogP contribution in [0.15, 0.2) is 30.5 Å². The minimum absolute atomic E-state index is 0.216. The molecule has 0 atom stereocenters. The summed E-state index contributed by atoms with van der Waals surface area (Å²) in [7, 11) is 0. The van der Waals surface area contributed by atoms with Crippen LogP contribution in [0.2, 0.25) is 0 Å². The first-order chi connectivity index (χ1) is 11.2. The van der Waals surface area contributed by atoms with Gasteiger partial charge in [0.1, 0.15) is 5.82 Å². The molecule has 0 unspecified atom stereocenters. The molecule has 0 bridgehead atoms. The van der Waals surface area contributed by atoms with E-state index >= 15 is 0 Å². The van der Waals surface area contributed by atoms with Crippen LogP contribution in [0.4, 0.5) is 4.39 Å². The Morgan fingerprint density at radius 2 is 2.04 bits per heavy atom. The van der Waals surface area contributed by atoms with Crippen LogP contribution in [0.3, 0.4) is 0 Å². The minimum Gasteiger partial charge on any atom is -0.490 e. The number of rotatable bonds is 5. The van der Waals surface area contributed by atoms with Crippen molar-refractivity contribution in [2.75, 3.05) is 6.61 Å². The molecule has 1 aliphatic carbocycles. The third kappa shape index (κ3) is 3.52. The smallest absolute Gasteiger partial charge is 0.275 e. The molecule has 1 saturated carbocycles. The summed E-state index contributed by atoms with van der Waals surface area (Å²) in [5.74, 6) is -0.0985. The Balaban J connectivity index is 1.85. The van der Waals surface area contributed by atoms with Crippen LogP contribution >= 0.6 is 0 Å². The van der Waals surface area contributed by atoms with Gasteiger partial charge in [-0.05, 0) is 44.0 Å². The maximum atomic E-state index is 13.0. The Morgan fingerprint density at radius 3 is 2.70 bits per heavy atom. The molecule has 1 fully saturated rings. The normalized spacial score (nSPS) is 14.9. The second-order valence-corrected chi connectivity index (χ2v) is 5.65. The van der Waals surface area contributed by atoms with E-state index in [0.717, 1.165) is 25.7 Å². The number of carbonyl (C=O) groups is 1. The summed E-state index contributed by atoms with van der Waals surface area (Å²) in [4.78, 5) is 12.5. The SMILES string of the molecule is CCOc1cn(-c2ccc(F)cc2)nc1C(=O)NC1CCCC1. The zero-order chi connectivity index (χ0) is 16.2. The summed E-state index contributed by atoms with van der Waals surface area (Å²) in [6, 6.07) is 6.14. The largest absolute Gasteiger partial charge is 0.490 e. The van der Waals surface area contributed by atoms with Gasteiger partial charge in [-0.25, -0.2) is 9.07 Å². The van der Waals surface area contributed by atoms with E-state index in [1.165, 1.54) is 16.8 Å². The fourth-order valence-corrected chi connectivity index (χ4v) is 2.83. The van der Waals surface area contributed by atoms with Crippen LogP contribution in [0.1, 0.15) is 43.1 Å². The van der Waals surface area contributed by atoms with Gasteiger partial charge in [0, 0.05) is 6.04 Å². The first-order valence-corrected chi connectivity index (χ1v) is 7.96. The Hall–Kier alpha value is -2.37. The van der Waals surface area contributed by atoms with Crippen molar-refractivity contribution < 1.29 is 13.9 Å². The molecule has 122 valence electrons. The van der Waals surface area contributed by atoms with Crippen LogP contribution in [-0.4, -0.2) is 28.3 Å². The number of amides is 1. The molecule has 0 radical (unpaired) electrons. The second kappa shape index (κ2) is 6.81. The minimum atomic E-state index is -0.315. The zero-order valence-electron chi connectivity index (χ0n) is 13.1. The summed E-state index contributed by atoms with van der Waals surface area (Å²) in [6.45, 7) is 2.30. The lowest BCUT2D eigenvalue weighted by molar-refractivity contribution is 0.0928. The molecule has 1 N–H and O–H groups in total. The molecule has 23 heavy (non-hydrogen) atoms. The second-order valence-electron chi connectivity index (χ2n) is 5.65. The topological polar surface area (TPSA) is 56.2 Å². The summed E-state index contributed by atoms with van der Waals surface area (Å²) < 4.78 is 20.1. The third-order valence-corrected chi connectivity index (χ3v) is 3.98. The molecule has 0 saturated heterocycles. The molecule has 2 aromatic rings. The predicted molar refractivity (Wildman–Crippen MR) is 84.4 cm³/mol. The first-order valence-electron chi connectivity index (χ1n) is 7.96. The molecule has 1 aromatic carbocycles. The Morgan fingerprint density at radius 1 is 1.35 bits per heavy atom. The predicted octanol–water partition coefficient (Wildman–Crippen LogP) is 3.08. The quantitative estimate of drug-likeness (QED) is 0.922. The van der Waals surface area contributed by atoms with E-state index in [4.69, 9.17) is 4.74 Å². The van der Waals surface area contributed by atoms with Gasteiger partial charge in [-0.2, -0.15) is 5.10 Å². The van der Waals surface area contributed by atoms with E-state index in [9.17, 15) is 9.18 Å². The van der Waals surface area contributed by atoms with Crippen molar-refractivity contribution in [3.05, 3.63) is 42.0 Å². The van der Waals surface area contributed by atoms with Crippen molar-refractivity contribution in [1.82, 2.24) is 15.1 Å². The van der Waals surface area contributed by atoms with Gasteiger partial charge in [-0.1, -0.05) is 12.8 Å². The highest BCUT2D eigenvalue weighted by atomic mass is 19.1. The molecular formula is C17H20FN3O2. The highest BCUT2D eigenvalue weighted by Crippen LogP contribution is 2.22. The fraction of sp³-hybridized carbons (Fsp3) is 0.412. The standard InChI is InChI=1S/C17H20FN3O2/c1-2-23-15-11-21(14-9-7-12(18)8-10-14)20-16(15)17(22)19-13-5-3-4-6-13/h7-11,13H,2-6H2,1H3,(H,19,22). The number of hydrogen-bond acceptors (Lipinski definition) is 3. The first kappa shape index (κ1) is 15.5. The monoisotopic (exact) mass is 317 g/mol. The van der Waals surface area contributed by atoms with Gasteiger partial charge >= 0.3 is 0 Å². The van der Waals surface area contributed by atoms with Gasteiger partial charge in [0.2, 0.25) is 0 Å². The number of carbonyl (C=O) groups excluding carboxylic acids is 1. The molecule has 1 heterocycles. The number of ether oxygens (including phenoxy) is 1.